The number of aromatic nitrogens is 3. The molecule has 1 aromatic heterocycles. The van der Waals surface area contributed by atoms with Crippen LogP contribution >= 0.6 is 11.8 Å². The number of nitrogens with one attached hydrogen (secondary N) is 2. The average molecular weight is 449 g/mol. The lowest BCUT2D eigenvalue weighted by atomic mass is 10.3. The van der Waals surface area contributed by atoms with E-state index in [2.05, 4.69) is 20.8 Å². The summed E-state index contributed by atoms with van der Waals surface area (Å²) in [5, 5.41) is 15.3. The molecule has 7 nitrogen and oxygen atoms in total. The molecule has 0 aliphatic carbocycles. The summed E-state index contributed by atoms with van der Waals surface area (Å²) in [4.78, 5) is 12.4. The molecule has 0 unspecified atom stereocenters. The van der Waals surface area contributed by atoms with E-state index in [0.717, 1.165) is 11.4 Å². The second-order valence-electron chi connectivity index (χ2n) is 6.89. The van der Waals surface area contributed by atoms with Crippen LogP contribution in [0.4, 0.5) is 21.5 Å². The maximum atomic E-state index is 13.1. The van der Waals surface area contributed by atoms with Crippen molar-refractivity contribution in [2.24, 2.45) is 0 Å². The van der Waals surface area contributed by atoms with Crippen molar-refractivity contribution >= 4 is 34.7 Å². The van der Waals surface area contributed by atoms with Crippen LogP contribution in [0, 0.1) is 5.82 Å². The molecule has 1 heterocycles. The number of amides is 1. The molecule has 32 heavy (non-hydrogen) atoms. The van der Waals surface area contributed by atoms with Gasteiger partial charge in [0.25, 0.3) is 0 Å². The van der Waals surface area contributed by atoms with Crippen molar-refractivity contribution in [2.45, 2.75) is 11.7 Å². The zero-order valence-electron chi connectivity index (χ0n) is 17.0. The lowest BCUT2D eigenvalue weighted by Gasteiger charge is -2.11. The number of nitrogens with zero attached hydrogens (tertiary/aromatic N) is 3. The fourth-order valence-electron chi connectivity index (χ4n) is 2.99. The van der Waals surface area contributed by atoms with Gasteiger partial charge >= 0.3 is 0 Å². The number of para-hydroxylation sites is 1. The van der Waals surface area contributed by atoms with Crippen molar-refractivity contribution < 1.29 is 9.18 Å². The van der Waals surface area contributed by atoms with E-state index in [1.807, 2.05) is 34.9 Å². The van der Waals surface area contributed by atoms with Gasteiger partial charge in [0, 0.05) is 22.7 Å². The van der Waals surface area contributed by atoms with Crippen LogP contribution in [0.5, 0.6) is 0 Å². The summed E-state index contributed by atoms with van der Waals surface area (Å²) in [5.41, 5.74) is 8.65. The van der Waals surface area contributed by atoms with Crippen LogP contribution in [-0.2, 0) is 11.3 Å². The van der Waals surface area contributed by atoms with Crippen molar-refractivity contribution in [1.82, 2.24) is 14.8 Å². The van der Waals surface area contributed by atoms with Gasteiger partial charge in [-0.05, 0) is 60.7 Å². The molecule has 0 bridgehead atoms. The van der Waals surface area contributed by atoms with Gasteiger partial charge in [-0.2, -0.15) is 0 Å². The van der Waals surface area contributed by atoms with E-state index >= 15 is 0 Å². The van der Waals surface area contributed by atoms with Crippen LogP contribution in [-0.4, -0.2) is 26.4 Å². The molecule has 3 aromatic carbocycles. The van der Waals surface area contributed by atoms with Crippen LogP contribution < -0.4 is 16.4 Å². The third-order valence-electron chi connectivity index (χ3n) is 4.54. The van der Waals surface area contributed by atoms with Gasteiger partial charge in [-0.1, -0.05) is 30.0 Å². The molecule has 1 amide bonds. The van der Waals surface area contributed by atoms with Crippen molar-refractivity contribution in [3.8, 4) is 5.69 Å². The number of benzene rings is 3. The fraction of sp³-hybridized carbons (Fsp3) is 0.0870. The third-order valence-corrected chi connectivity index (χ3v) is 5.47. The number of anilines is 3. The molecule has 0 atom stereocenters. The highest BCUT2D eigenvalue weighted by atomic mass is 32.2. The summed E-state index contributed by atoms with van der Waals surface area (Å²) in [7, 11) is 0. The first-order chi connectivity index (χ1) is 15.6. The monoisotopic (exact) mass is 448 g/mol. The van der Waals surface area contributed by atoms with Crippen molar-refractivity contribution in [1.29, 1.82) is 0 Å². The number of carbonyl (C=O) groups is 1. The van der Waals surface area contributed by atoms with E-state index in [-0.39, 0.29) is 17.5 Å². The van der Waals surface area contributed by atoms with Crippen LogP contribution in [0.3, 0.4) is 0 Å². The number of carbonyl (C=O) groups excluding carboxylic acids is 1. The normalized spacial score (nSPS) is 10.7. The quantitative estimate of drug-likeness (QED) is 0.274. The van der Waals surface area contributed by atoms with E-state index < -0.39 is 0 Å². The maximum Gasteiger partial charge on any atom is 0.234 e. The molecule has 0 radical (unpaired) electrons. The topological polar surface area (TPSA) is 97.9 Å². The Bertz CT molecular complexity index is 1180. The number of nitrogen functional groups attached to an aromatic ring is 1. The Labute approximate surface area is 188 Å². The van der Waals surface area contributed by atoms with Gasteiger partial charge in [0.2, 0.25) is 5.91 Å². The van der Waals surface area contributed by atoms with E-state index in [9.17, 15) is 9.18 Å². The summed E-state index contributed by atoms with van der Waals surface area (Å²) in [6.07, 6.45) is 0. The Morgan fingerprint density at radius 1 is 0.938 bits per heavy atom. The van der Waals surface area contributed by atoms with Gasteiger partial charge in [0.1, 0.15) is 5.82 Å². The fourth-order valence-corrected chi connectivity index (χ4v) is 3.76. The summed E-state index contributed by atoms with van der Waals surface area (Å²) in [6, 6.07) is 22.8. The summed E-state index contributed by atoms with van der Waals surface area (Å²) < 4.78 is 15.0. The van der Waals surface area contributed by atoms with Gasteiger partial charge < -0.3 is 16.4 Å². The molecule has 0 aliphatic rings. The second-order valence-corrected chi connectivity index (χ2v) is 7.83. The van der Waals surface area contributed by atoms with Gasteiger partial charge in [-0.15, -0.1) is 10.2 Å². The number of halogens is 1. The zero-order chi connectivity index (χ0) is 22.3. The number of thioether (sulfide) groups is 1. The number of hydrogen-bond acceptors (Lipinski definition) is 6. The lowest BCUT2D eigenvalue weighted by Crippen LogP contribution is -2.15. The highest BCUT2D eigenvalue weighted by Crippen LogP contribution is 2.23. The van der Waals surface area contributed by atoms with Crippen LogP contribution in [0.25, 0.3) is 5.69 Å². The first-order valence-corrected chi connectivity index (χ1v) is 10.8. The Balaban J connectivity index is 1.48. The van der Waals surface area contributed by atoms with Gasteiger partial charge in [0.05, 0.1) is 12.3 Å². The van der Waals surface area contributed by atoms with Crippen LogP contribution in [0.2, 0.25) is 0 Å². The molecule has 0 spiro atoms. The van der Waals surface area contributed by atoms with E-state index in [0.29, 0.717) is 28.9 Å². The maximum absolute atomic E-state index is 13.1. The second kappa shape index (κ2) is 9.97. The summed E-state index contributed by atoms with van der Waals surface area (Å²) in [6.45, 7) is 0.381. The summed E-state index contributed by atoms with van der Waals surface area (Å²) >= 11 is 1.29. The Kier molecular flexibility index (Phi) is 6.66. The SMILES string of the molecule is Nc1ccc(NC(=O)CSc2nnc(CNc3ccc(F)cc3)n2-c2ccccc2)cc1. The van der Waals surface area contributed by atoms with Crippen molar-refractivity contribution in [3.63, 3.8) is 0 Å². The van der Waals surface area contributed by atoms with Gasteiger partial charge in [-0.3, -0.25) is 9.36 Å². The molecule has 4 N–H and O–H groups in total. The Morgan fingerprint density at radius 3 is 2.34 bits per heavy atom. The predicted molar refractivity (Wildman–Crippen MR) is 125 cm³/mol. The highest BCUT2D eigenvalue weighted by molar-refractivity contribution is 7.99. The standard InChI is InChI=1S/C23H21FN6OS/c24-16-6-10-18(11-7-16)26-14-21-28-29-23(30(21)20-4-2-1-3-5-20)32-15-22(31)27-19-12-8-17(25)9-13-19/h1-13,26H,14-15,25H2,(H,27,31). The smallest absolute Gasteiger partial charge is 0.234 e. The number of rotatable bonds is 8. The van der Waals surface area contributed by atoms with Crippen LogP contribution in [0.1, 0.15) is 5.82 Å². The first-order valence-electron chi connectivity index (χ1n) is 9.86. The first kappa shape index (κ1) is 21.4. The summed E-state index contributed by atoms with van der Waals surface area (Å²) in [5.74, 6) is 0.384. The van der Waals surface area contributed by atoms with Crippen LogP contribution in [0.15, 0.2) is 84.0 Å². The molecule has 162 valence electrons. The highest BCUT2D eigenvalue weighted by Gasteiger charge is 2.16. The van der Waals surface area contributed by atoms with E-state index in [1.54, 1.807) is 36.4 Å². The molecule has 4 rings (SSSR count). The minimum atomic E-state index is -0.293. The molecule has 0 saturated carbocycles. The molecule has 0 saturated heterocycles. The largest absolute Gasteiger partial charge is 0.399 e. The molecular weight excluding hydrogens is 427 g/mol. The average Bonchev–Trinajstić information content (AvgIpc) is 3.22. The number of nitrogens with two attached hydrogens (primary N) is 1. The molecule has 4 aromatic rings. The minimum Gasteiger partial charge on any atom is -0.399 e. The molecular formula is C23H21FN6OS. The molecule has 9 heteroatoms. The van der Waals surface area contributed by atoms with Gasteiger partial charge in [-0.25, -0.2) is 4.39 Å². The molecule has 0 fully saturated rings. The Hall–Kier alpha value is -3.85. The third kappa shape index (κ3) is 5.44. The lowest BCUT2D eigenvalue weighted by molar-refractivity contribution is -0.113. The predicted octanol–water partition coefficient (Wildman–Crippen LogP) is 4.33. The Morgan fingerprint density at radius 2 is 1.62 bits per heavy atom. The van der Waals surface area contributed by atoms with Crippen molar-refractivity contribution in [3.05, 3.63) is 90.5 Å². The van der Waals surface area contributed by atoms with E-state index in [1.165, 1.54) is 23.9 Å². The number of hydrogen-bond donors (Lipinski definition) is 3. The van der Waals surface area contributed by atoms with Crippen molar-refractivity contribution in [2.75, 3.05) is 22.1 Å². The minimum absolute atomic E-state index is 0.159. The molecule has 0 aliphatic heterocycles. The van der Waals surface area contributed by atoms with Gasteiger partial charge in [0.15, 0.2) is 11.0 Å². The zero-order valence-corrected chi connectivity index (χ0v) is 17.8. The van der Waals surface area contributed by atoms with E-state index in [4.69, 9.17) is 5.73 Å².